The van der Waals surface area contributed by atoms with E-state index in [1.54, 1.807) is 0 Å². The fourth-order valence-corrected chi connectivity index (χ4v) is 3.57. The molecule has 0 aromatic heterocycles. The summed E-state index contributed by atoms with van der Waals surface area (Å²) in [7, 11) is -4.34. The first-order chi connectivity index (χ1) is 11.5. The summed E-state index contributed by atoms with van der Waals surface area (Å²) in [5.41, 5.74) is -1.15. The predicted octanol–water partition coefficient (Wildman–Crippen LogP) is 2.77. The van der Waals surface area contributed by atoms with Crippen LogP contribution in [0, 0.1) is 0 Å². The third-order valence-corrected chi connectivity index (χ3v) is 5.43. The average molecular weight is 371 g/mol. The monoisotopic (exact) mass is 370 g/mol. The van der Waals surface area contributed by atoms with Gasteiger partial charge in [-0.25, -0.2) is 8.42 Å². The zero-order valence-electron chi connectivity index (χ0n) is 16.9. The standard InChI is InChI=1S/C19H40O4S.Li/c1-3-5-7-9-10-11-12-14-16-18-23-19(24(20,21)22)17-15-13-8-6-4-2;/h19H,3-18H2,1-2H3,(H,20,21,22);/q;+1/p-1. The molecule has 0 aromatic rings. The van der Waals surface area contributed by atoms with E-state index in [9.17, 15) is 13.0 Å². The van der Waals surface area contributed by atoms with Gasteiger partial charge in [-0.05, 0) is 19.3 Å². The zero-order chi connectivity index (χ0) is 18.1. The first-order valence-corrected chi connectivity index (χ1v) is 11.6. The van der Waals surface area contributed by atoms with E-state index in [1.807, 2.05) is 0 Å². The molecular formula is C19H39LiO4S. The van der Waals surface area contributed by atoms with Crippen LogP contribution in [0.1, 0.15) is 110 Å². The summed E-state index contributed by atoms with van der Waals surface area (Å²) in [5.74, 6) is 0. The molecule has 1 atom stereocenters. The molecule has 0 bridgehead atoms. The van der Waals surface area contributed by atoms with Crippen molar-refractivity contribution in [2.45, 2.75) is 116 Å². The van der Waals surface area contributed by atoms with Crippen LogP contribution < -0.4 is 18.9 Å². The van der Waals surface area contributed by atoms with Gasteiger partial charge < -0.3 is 9.29 Å². The predicted molar refractivity (Wildman–Crippen MR) is 100 cm³/mol. The van der Waals surface area contributed by atoms with Gasteiger partial charge >= 0.3 is 18.9 Å². The Morgan fingerprint density at radius 3 is 1.56 bits per heavy atom. The van der Waals surface area contributed by atoms with Crippen molar-refractivity contribution >= 4 is 10.1 Å². The second-order valence-electron chi connectivity index (χ2n) is 6.82. The summed E-state index contributed by atoms with van der Waals surface area (Å²) in [5, 5.41) is 0. The van der Waals surface area contributed by atoms with E-state index in [-0.39, 0.29) is 18.9 Å². The van der Waals surface area contributed by atoms with Crippen LogP contribution in [-0.4, -0.2) is 25.0 Å². The van der Waals surface area contributed by atoms with Gasteiger partial charge in [0.1, 0.15) is 15.6 Å². The van der Waals surface area contributed by atoms with Gasteiger partial charge in [0.05, 0.1) is 0 Å². The van der Waals surface area contributed by atoms with Crippen molar-refractivity contribution in [1.82, 2.24) is 0 Å². The van der Waals surface area contributed by atoms with Crippen molar-refractivity contribution in [1.29, 1.82) is 0 Å². The van der Waals surface area contributed by atoms with Gasteiger partial charge in [0.25, 0.3) is 0 Å². The minimum atomic E-state index is -4.34. The Bertz CT molecular complexity index is 360. The largest absolute Gasteiger partial charge is 1.00 e. The Hall–Kier alpha value is 0.467. The Labute approximate surface area is 168 Å². The van der Waals surface area contributed by atoms with Crippen LogP contribution in [0.2, 0.25) is 0 Å². The van der Waals surface area contributed by atoms with Crippen LogP contribution in [0.4, 0.5) is 0 Å². The molecule has 1 unspecified atom stereocenters. The van der Waals surface area contributed by atoms with Gasteiger partial charge in [0, 0.05) is 6.61 Å². The van der Waals surface area contributed by atoms with Crippen LogP contribution in [0.25, 0.3) is 0 Å². The van der Waals surface area contributed by atoms with Crippen molar-refractivity contribution in [2.75, 3.05) is 6.61 Å². The van der Waals surface area contributed by atoms with E-state index in [2.05, 4.69) is 13.8 Å². The molecule has 0 saturated carbocycles. The number of ether oxygens (including phenoxy) is 1. The summed E-state index contributed by atoms with van der Waals surface area (Å²) in [6.07, 6.45) is 16.3. The average Bonchev–Trinajstić information content (AvgIpc) is 2.53. The SMILES string of the molecule is CCCCCCCCCCCOC(CCCCCCC)S(=O)(=O)[O-].[Li+]. The molecule has 0 fully saturated rings. The normalized spacial score (nSPS) is 12.8. The van der Waals surface area contributed by atoms with Crippen LogP contribution in [0.5, 0.6) is 0 Å². The van der Waals surface area contributed by atoms with Crippen molar-refractivity contribution < 1.29 is 36.6 Å². The maximum absolute atomic E-state index is 11.3. The van der Waals surface area contributed by atoms with E-state index in [1.165, 1.54) is 44.9 Å². The second kappa shape index (κ2) is 19.2. The van der Waals surface area contributed by atoms with E-state index in [0.717, 1.165) is 44.9 Å². The summed E-state index contributed by atoms with van der Waals surface area (Å²) in [6, 6.07) is 0. The molecule has 25 heavy (non-hydrogen) atoms. The molecule has 0 aliphatic carbocycles. The quantitative estimate of drug-likeness (QED) is 0.211. The number of hydrogen-bond donors (Lipinski definition) is 0. The molecule has 0 heterocycles. The molecule has 0 rings (SSSR count). The molecule has 0 aliphatic heterocycles. The van der Waals surface area contributed by atoms with Crippen molar-refractivity contribution in [3.63, 3.8) is 0 Å². The van der Waals surface area contributed by atoms with Gasteiger partial charge in [0.15, 0.2) is 0 Å². The fraction of sp³-hybridized carbons (Fsp3) is 1.00. The third-order valence-electron chi connectivity index (χ3n) is 4.42. The molecule has 0 spiro atoms. The third kappa shape index (κ3) is 19.0. The van der Waals surface area contributed by atoms with Gasteiger partial charge in [-0.2, -0.15) is 0 Å². The van der Waals surface area contributed by atoms with Crippen molar-refractivity contribution in [3.05, 3.63) is 0 Å². The molecule has 0 saturated heterocycles. The van der Waals surface area contributed by atoms with Crippen LogP contribution in [-0.2, 0) is 14.9 Å². The number of hydrogen-bond acceptors (Lipinski definition) is 4. The summed E-state index contributed by atoms with van der Waals surface area (Å²) < 4.78 is 39.2. The molecular weight excluding hydrogens is 331 g/mol. The Kier molecular flexibility index (Phi) is 21.3. The Morgan fingerprint density at radius 2 is 1.12 bits per heavy atom. The number of unbranched alkanes of at least 4 members (excludes halogenated alkanes) is 12. The molecule has 0 amide bonds. The molecule has 0 aromatic carbocycles. The maximum atomic E-state index is 11.3. The van der Waals surface area contributed by atoms with E-state index in [0.29, 0.717) is 13.0 Å². The van der Waals surface area contributed by atoms with E-state index >= 15 is 0 Å². The Morgan fingerprint density at radius 1 is 0.720 bits per heavy atom. The van der Waals surface area contributed by atoms with Crippen molar-refractivity contribution in [3.8, 4) is 0 Å². The molecule has 146 valence electrons. The molecule has 6 heteroatoms. The first kappa shape index (κ1) is 27.7. The summed E-state index contributed by atoms with van der Waals surface area (Å²) >= 11 is 0. The minimum absolute atomic E-state index is 0. The van der Waals surface area contributed by atoms with Crippen LogP contribution in [0.3, 0.4) is 0 Å². The summed E-state index contributed by atoms with van der Waals surface area (Å²) in [6.45, 7) is 4.75. The fourth-order valence-electron chi connectivity index (χ4n) is 2.85. The molecule has 0 N–H and O–H groups in total. The van der Waals surface area contributed by atoms with Gasteiger partial charge in [-0.15, -0.1) is 0 Å². The maximum Gasteiger partial charge on any atom is 1.00 e. The molecule has 0 aliphatic rings. The van der Waals surface area contributed by atoms with Gasteiger partial charge in [-0.1, -0.05) is 90.9 Å². The molecule has 4 nitrogen and oxygen atoms in total. The summed E-state index contributed by atoms with van der Waals surface area (Å²) in [4.78, 5) is 0. The smallest absolute Gasteiger partial charge is 0.746 e. The van der Waals surface area contributed by atoms with Crippen molar-refractivity contribution in [2.24, 2.45) is 0 Å². The van der Waals surface area contributed by atoms with E-state index in [4.69, 9.17) is 4.74 Å². The molecule has 0 radical (unpaired) electrons. The van der Waals surface area contributed by atoms with Gasteiger partial charge in [-0.3, -0.25) is 0 Å². The van der Waals surface area contributed by atoms with E-state index < -0.39 is 15.6 Å². The van der Waals surface area contributed by atoms with Crippen LogP contribution >= 0.6 is 0 Å². The Balaban J connectivity index is 0. The minimum Gasteiger partial charge on any atom is -0.746 e. The topological polar surface area (TPSA) is 66.4 Å². The second-order valence-corrected chi connectivity index (χ2v) is 8.34. The first-order valence-electron chi connectivity index (χ1n) is 10.1. The number of rotatable bonds is 18. The van der Waals surface area contributed by atoms with Crippen LogP contribution in [0.15, 0.2) is 0 Å². The zero-order valence-corrected chi connectivity index (χ0v) is 17.7. The van der Waals surface area contributed by atoms with Gasteiger partial charge in [0.2, 0.25) is 0 Å².